The Kier molecular flexibility index (Phi) is 3.97. The van der Waals surface area contributed by atoms with Gasteiger partial charge in [-0.2, -0.15) is 0 Å². The molecule has 0 unspecified atom stereocenters. The summed E-state index contributed by atoms with van der Waals surface area (Å²) < 4.78 is 0. The molecule has 1 aliphatic rings. The van der Waals surface area contributed by atoms with Gasteiger partial charge in [0.05, 0.1) is 12.6 Å². The van der Waals surface area contributed by atoms with Gasteiger partial charge >= 0.3 is 0 Å². The van der Waals surface area contributed by atoms with E-state index < -0.39 is 6.04 Å². The number of hydrogen-bond donors (Lipinski definition) is 2. The molecule has 1 rings (SSSR count). The number of carbonyl (C=O) groups excluding carboxylic acids is 1. The van der Waals surface area contributed by atoms with Crippen LogP contribution in [0.15, 0.2) is 17.3 Å². The van der Waals surface area contributed by atoms with Crippen LogP contribution in [0.25, 0.3) is 10.4 Å². The molecule has 0 fully saturated rings. The fourth-order valence-electron chi connectivity index (χ4n) is 1.25. The van der Waals surface area contributed by atoms with Crippen LogP contribution in [0.5, 0.6) is 0 Å². The lowest BCUT2D eigenvalue weighted by Gasteiger charge is -2.18. The number of allylic oxidation sites excluding steroid dienone is 1. The van der Waals surface area contributed by atoms with Crippen molar-refractivity contribution in [2.75, 3.05) is 6.61 Å². The van der Waals surface area contributed by atoms with Crippen LogP contribution in [0.3, 0.4) is 0 Å². The van der Waals surface area contributed by atoms with E-state index in [9.17, 15) is 4.79 Å². The van der Waals surface area contributed by atoms with Crippen molar-refractivity contribution in [3.8, 4) is 0 Å². The Morgan fingerprint density at radius 2 is 2.57 bits per heavy atom. The van der Waals surface area contributed by atoms with Gasteiger partial charge in [-0.3, -0.25) is 4.79 Å². The lowest BCUT2D eigenvalue weighted by atomic mass is 10.1. The smallest absolute Gasteiger partial charge is 0.229 e. The van der Waals surface area contributed by atoms with E-state index in [0.717, 1.165) is 0 Å². The number of rotatable bonds is 2. The van der Waals surface area contributed by atoms with Crippen LogP contribution in [0.2, 0.25) is 0 Å². The maximum absolute atomic E-state index is 11.4. The van der Waals surface area contributed by atoms with E-state index in [1.807, 2.05) is 6.08 Å². The summed E-state index contributed by atoms with van der Waals surface area (Å²) in [5, 5.41) is 14.8. The normalized spacial score (nSPS) is 29.4. The zero-order chi connectivity index (χ0) is 10.4. The average molecular weight is 196 g/mol. The number of nitrogens with one attached hydrogen (secondary N) is 1. The van der Waals surface area contributed by atoms with Crippen molar-refractivity contribution in [3.63, 3.8) is 0 Å². The topological polar surface area (TPSA) is 98.1 Å². The summed E-state index contributed by atoms with van der Waals surface area (Å²) in [4.78, 5) is 14.0. The molecule has 1 heterocycles. The highest BCUT2D eigenvalue weighted by Gasteiger charge is 2.19. The van der Waals surface area contributed by atoms with Crippen LogP contribution in [-0.4, -0.2) is 29.7 Å². The molecule has 6 nitrogen and oxygen atoms in total. The largest absolute Gasteiger partial charge is 0.394 e. The Hall–Kier alpha value is -1.52. The van der Waals surface area contributed by atoms with Crippen molar-refractivity contribution in [3.05, 3.63) is 22.6 Å². The average Bonchev–Trinajstić information content (AvgIpc) is 2.17. The van der Waals surface area contributed by atoms with E-state index in [1.54, 1.807) is 6.08 Å². The predicted octanol–water partition coefficient (Wildman–Crippen LogP) is 0.492. The van der Waals surface area contributed by atoms with Crippen molar-refractivity contribution in [1.82, 2.24) is 5.32 Å². The lowest BCUT2D eigenvalue weighted by Crippen LogP contribution is -2.42. The Morgan fingerprint density at radius 3 is 3.21 bits per heavy atom. The molecule has 1 amide bonds. The van der Waals surface area contributed by atoms with E-state index in [4.69, 9.17) is 10.6 Å². The summed E-state index contributed by atoms with van der Waals surface area (Å²) >= 11 is 0. The summed E-state index contributed by atoms with van der Waals surface area (Å²) in [5.74, 6) is -0.328. The van der Waals surface area contributed by atoms with E-state index in [2.05, 4.69) is 15.3 Å². The Labute approximate surface area is 81.2 Å². The second-order valence-corrected chi connectivity index (χ2v) is 3.02. The zero-order valence-electron chi connectivity index (χ0n) is 7.63. The summed E-state index contributed by atoms with van der Waals surface area (Å²) in [6.07, 6.45) is 4.78. The minimum Gasteiger partial charge on any atom is -0.394 e. The van der Waals surface area contributed by atoms with Crippen molar-refractivity contribution in [2.24, 2.45) is 5.11 Å². The SMILES string of the molecule is [N-]=[N+]=N[C@@H]1CC/C=C\[C@H](CO)NC1=O. The monoisotopic (exact) mass is 196 g/mol. The first-order valence-corrected chi connectivity index (χ1v) is 4.40. The summed E-state index contributed by atoms with van der Waals surface area (Å²) in [6.45, 7) is -0.148. The van der Waals surface area contributed by atoms with Gasteiger partial charge in [0.1, 0.15) is 6.04 Å². The standard InChI is InChI=1S/C8H12N4O2/c9-12-11-7-4-2-1-3-6(5-13)10-8(7)14/h1,3,6-7,13H,2,4-5H2,(H,10,14)/b3-1-/t6-,7-/m1/s1. The molecule has 0 aliphatic carbocycles. The van der Waals surface area contributed by atoms with Crippen LogP contribution >= 0.6 is 0 Å². The first-order chi connectivity index (χ1) is 6.77. The highest BCUT2D eigenvalue weighted by atomic mass is 16.3. The lowest BCUT2D eigenvalue weighted by molar-refractivity contribution is -0.123. The number of hydrogen-bond acceptors (Lipinski definition) is 3. The van der Waals surface area contributed by atoms with Gasteiger partial charge in [0.25, 0.3) is 0 Å². The van der Waals surface area contributed by atoms with Crippen LogP contribution in [0, 0.1) is 0 Å². The third kappa shape index (κ3) is 2.76. The first kappa shape index (κ1) is 10.6. The molecule has 0 aromatic carbocycles. The van der Waals surface area contributed by atoms with Gasteiger partial charge in [-0.1, -0.05) is 17.3 Å². The van der Waals surface area contributed by atoms with Crippen molar-refractivity contribution >= 4 is 5.91 Å². The number of carbonyl (C=O) groups is 1. The molecule has 0 aromatic rings. The number of nitrogens with zero attached hydrogens (tertiary/aromatic N) is 3. The van der Waals surface area contributed by atoms with Gasteiger partial charge in [0.2, 0.25) is 5.91 Å². The summed E-state index contributed by atoms with van der Waals surface area (Å²) in [6, 6.07) is -1.04. The number of aliphatic hydroxyl groups excluding tert-OH is 1. The third-order valence-electron chi connectivity index (χ3n) is 1.99. The zero-order valence-corrected chi connectivity index (χ0v) is 7.63. The van der Waals surface area contributed by atoms with Crippen molar-refractivity contribution in [2.45, 2.75) is 24.9 Å². The molecule has 6 heteroatoms. The van der Waals surface area contributed by atoms with Gasteiger partial charge < -0.3 is 10.4 Å². The molecular formula is C8H12N4O2. The molecule has 0 bridgehead atoms. The molecule has 76 valence electrons. The van der Waals surface area contributed by atoms with E-state index in [0.29, 0.717) is 12.8 Å². The van der Waals surface area contributed by atoms with Gasteiger partial charge in [-0.25, -0.2) is 0 Å². The predicted molar refractivity (Wildman–Crippen MR) is 50.3 cm³/mol. The van der Waals surface area contributed by atoms with Gasteiger partial charge in [-0.15, -0.1) is 0 Å². The minimum atomic E-state index is -0.668. The van der Waals surface area contributed by atoms with Gasteiger partial charge in [0, 0.05) is 4.91 Å². The maximum Gasteiger partial charge on any atom is 0.229 e. The first-order valence-electron chi connectivity index (χ1n) is 4.40. The Bertz CT molecular complexity index is 283. The van der Waals surface area contributed by atoms with Crippen molar-refractivity contribution in [1.29, 1.82) is 0 Å². The fourth-order valence-corrected chi connectivity index (χ4v) is 1.25. The molecule has 1 aliphatic heterocycles. The molecule has 0 radical (unpaired) electrons. The number of amides is 1. The quantitative estimate of drug-likeness (QED) is 0.291. The van der Waals surface area contributed by atoms with Crippen molar-refractivity contribution < 1.29 is 9.90 Å². The molecule has 0 aromatic heterocycles. The maximum atomic E-state index is 11.4. The van der Waals surface area contributed by atoms with Crippen LogP contribution in [0.4, 0.5) is 0 Å². The molecule has 14 heavy (non-hydrogen) atoms. The highest BCUT2D eigenvalue weighted by molar-refractivity contribution is 5.82. The van der Waals surface area contributed by atoms with E-state index in [1.165, 1.54) is 0 Å². The van der Waals surface area contributed by atoms with Crippen LogP contribution in [-0.2, 0) is 4.79 Å². The Morgan fingerprint density at radius 1 is 1.79 bits per heavy atom. The number of aliphatic hydroxyl groups is 1. The summed E-state index contributed by atoms with van der Waals surface area (Å²) in [7, 11) is 0. The highest BCUT2D eigenvalue weighted by Crippen LogP contribution is 2.07. The molecular weight excluding hydrogens is 184 g/mol. The van der Waals surface area contributed by atoms with Gasteiger partial charge in [-0.05, 0) is 18.4 Å². The molecule has 0 saturated heterocycles. The van der Waals surface area contributed by atoms with E-state index >= 15 is 0 Å². The van der Waals surface area contributed by atoms with Crippen LogP contribution < -0.4 is 5.32 Å². The van der Waals surface area contributed by atoms with Gasteiger partial charge in [0.15, 0.2) is 0 Å². The molecule has 0 spiro atoms. The molecule has 2 atom stereocenters. The molecule has 0 saturated carbocycles. The third-order valence-corrected chi connectivity index (χ3v) is 1.99. The minimum absolute atomic E-state index is 0.148. The second kappa shape index (κ2) is 5.26. The Balaban J connectivity index is 2.71. The van der Waals surface area contributed by atoms with Crippen LogP contribution in [0.1, 0.15) is 12.8 Å². The van der Waals surface area contributed by atoms with E-state index in [-0.39, 0.29) is 18.6 Å². The molecule has 2 N–H and O–H groups in total. The fraction of sp³-hybridized carbons (Fsp3) is 0.625. The second-order valence-electron chi connectivity index (χ2n) is 3.02. The number of azide groups is 1. The summed E-state index contributed by atoms with van der Waals surface area (Å²) in [5.41, 5.74) is 8.23.